The van der Waals surface area contributed by atoms with Crippen LogP contribution in [0.1, 0.15) is 21.0 Å². The summed E-state index contributed by atoms with van der Waals surface area (Å²) in [5.74, 6) is -2.91. The maximum atomic E-state index is 11.4. The standard InChI is InChI=1S/C16H8N4O4.Ag/c21-15(22)13-14(16(23)24)20-12-8-4-2-6-18-10(8)9-7(11(12)19-13)3-1-5-17-9;/h1-6H,(H,21,22)(H,23,24);. The van der Waals surface area contributed by atoms with Gasteiger partial charge in [0.25, 0.3) is 0 Å². The quantitative estimate of drug-likeness (QED) is 0.367. The van der Waals surface area contributed by atoms with E-state index in [4.69, 9.17) is 0 Å². The zero-order chi connectivity index (χ0) is 16.8. The number of aromatic nitrogens is 4. The Morgan fingerprint density at radius 3 is 1.48 bits per heavy atom. The Bertz CT molecular complexity index is 1090. The largest absolute Gasteiger partial charge is 0.476 e. The number of carbonyl (C=O) groups is 2. The van der Waals surface area contributed by atoms with Crippen molar-refractivity contribution in [3.8, 4) is 0 Å². The zero-order valence-electron chi connectivity index (χ0n) is 12.3. The fraction of sp³-hybridized carbons (Fsp3) is 0. The minimum absolute atomic E-state index is 0. The molecule has 3 aromatic heterocycles. The molecule has 0 unspecified atom stereocenters. The number of aromatic carboxylic acids is 2. The maximum Gasteiger partial charge on any atom is 0.357 e. The van der Waals surface area contributed by atoms with Crippen LogP contribution in [0.4, 0.5) is 0 Å². The second-order valence-corrected chi connectivity index (χ2v) is 5.03. The van der Waals surface area contributed by atoms with Crippen molar-refractivity contribution < 1.29 is 42.2 Å². The summed E-state index contributed by atoms with van der Waals surface area (Å²) in [4.78, 5) is 39.5. The van der Waals surface area contributed by atoms with Crippen molar-refractivity contribution >= 4 is 44.8 Å². The average molecular weight is 428 g/mol. The Morgan fingerprint density at radius 2 is 1.12 bits per heavy atom. The SMILES string of the molecule is O=C(O)c1nc2c3cccnc3c3ncccc3c2nc1C(=O)O.[Ag]. The van der Waals surface area contributed by atoms with Crippen LogP contribution in [0.3, 0.4) is 0 Å². The first-order valence-corrected chi connectivity index (χ1v) is 6.87. The number of benzene rings is 1. The summed E-state index contributed by atoms with van der Waals surface area (Å²) in [6.07, 6.45) is 3.19. The van der Waals surface area contributed by atoms with Gasteiger partial charge in [0.1, 0.15) is 0 Å². The van der Waals surface area contributed by atoms with E-state index >= 15 is 0 Å². The van der Waals surface area contributed by atoms with Gasteiger partial charge >= 0.3 is 11.9 Å². The molecular weight excluding hydrogens is 420 g/mol. The van der Waals surface area contributed by atoms with Crippen LogP contribution >= 0.6 is 0 Å². The molecule has 0 saturated heterocycles. The van der Waals surface area contributed by atoms with Crippen molar-refractivity contribution in [1.29, 1.82) is 0 Å². The number of nitrogens with zero attached hydrogens (tertiary/aromatic N) is 4. The molecule has 1 aromatic carbocycles. The van der Waals surface area contributed by atoms with Crippen LogP contribution in [0, 0.1) is 0 Å². The molecule has 2 N–H and O–H groups in total. The van der Waals surface area contributed by atoms with E-state index in [0.717, 1.165) is 0 Å². The summed E-state index contributed by atoms with van der Waals surface area (Å²) in [5, 5.41) is 19.7. The number of carboxylic acid groups (broad SMARTS) is 2. The van der Waals surface area contributed by atoms with Gasteiger partial charge in [0, 0.05) is 45.5 Å². The summed E-state index contributed by atoms with van der Waals surface area (Å²) in [6, 6.07) is 6.81. The molecule has 1 radical (unpaired) electrons. The Balaban J connectivity index is 0.00000182. The molecule has 0 bridgehead atoms. The number of pyridine rings is 2. The van der Waals surface area contributed by atoms with Gasteiger partial charge in [0.05, 0.1) is 22.1 Å². The molecule has 0 aliphatic heterocycles. The first-order valence-electron chi connectivity index (χ1n) is 6.87. The Kier molecular flexibility index (Phi) is 4.17. The van der Waals surface area contributed by atoms with Crippen LogP contribution in [0.2, 0.25) is 0 Å². The van der Waals surface area contributed by atoms with Gasteiger partial charge in [-0.2, -0.15) is 0 Å². The number of rotatable bonds is 2. The van der Waals surface area contributed by atoms with E-state index in [0.29, 0.717) is 21.8 Å². The van der Waals surface area contributed by atoms with E-state index in [-0.39, 0.29) is 33.4 Å². The van der Waals surface area contributed by atoms with Crippen molar-refractivity contribution in [2.75, 3.05) is 0 Å². The third-order valence-electron chi connectivity index (χ3n) is 3.65. The smallest absolute Gasteiger partial charge is 0.357 e. The molecule has 8 nitrogen and oxygen atoms in total. The third kappa shape index (κ3) is 2.52. The minimum Gasteiger partial charge on any atom is -0.476 e. The van der Waals surface area contributed by atoms with Crippen molar-refractivity contribution in [3.05, 3.63) is 48.0 Å². The fourth-order valence-corrected chi connectivity index (χ4v) is 2.68. The second kappa shape index (κ2) is 6.17. The van der Waals surface area contributed by atoms with Crippen molar-refractivity contribution in [1.82, 2.24) is 19.9 Å². The van der Waals surface area contributed by atoms with Crippen molar-refractivity contribution in [2.24, 2.45) is 0 Å². The molecule has 0 amide bonds. The average Bonchev–Trinajstić information content (AvgIpc) is 2.60. The van der Waals surface area contributed by atoms with E-state index in [1.54, 1.807) is 36.7 Å². The van der Waals surface area contributed by atoms with Crippen LogP contribution in [-0.2, 0) is 22.4 Å². The molecule has 0 fully saturated rings. The van der Waals surface area contributed by atoms with Crippen molar-refractivity contribution in [3.63, 3.8) is 0 Å². The summed E-state index contributed by atoms with van der Waals surface area (Å²) in [5.41, 5.74) is 0.442. The van der Waals surface area contributed by atoms with E-state index < -0.39 is 23.3 Å². The molecular formula is C16H8AgN4O4. The van der Waals surface area contributed by atoms with Gasteiger partial charge in [-0.15, -0.1) is 0 Å². The molecule has 0 saturated carbocycles. The summed E-state index contributed by atoms with van der Waals surface area (Å²) < 4.78 is 0. The molecule has 4 rings (SSSR count). The normalized spacial score (nSPS) is 10.7. The van der Waals surface area contributed by atoms with Crippen LogP contribution in [0.15, 0.2) is 36.7 Å². The molecule has 0 aliphatic carbocycles. The molecule has 0 atom stereocenters. The fourth-order valence-electron chi connectivity index (χ4n) is 2.68. The zero-order valence-corrected chi connectivity index (χ0v) is 13.7. The van der Waals surface area contributed by atoms with E-state index in [2.05, 4.69) is 19.9 Å². The molecule has 0 spiro atoms. The number of hydrogen-bond acceptors (Lipinski definition) is 6. The Labute approximate surface area is 155 Å². The van der Waals surface area contributed by atoms with Crippen LogP contribution < -0.4 is 0 Å². The molecule has 4 aromatic rings. The van der Waals surface area contributed by atoms with Gasteiger partial charge in [0.15, 0.2) is 11.4 Å². The van der Waals surface area contributed by atoms with E-state index in [9.17, 15) is 19.8 Å². The Hall–Kier alpha value is -2.94. The van der Waals surface area contributed by atoms with Gasteiger partial charge in [-0.1, -0.05) is 0 Å². The monoisotopic (exact) mass is 427 g/mol. The first-order chi connectivity index (χ1) is 11.6. The summed E-state index contributed by atoms with van der Waals surface area (Å²) >= 11 is 0. The van der Waals surface area contributed by atoms with Gasteiger partial charge < -0.3 is 10.2 Å². The van der Waals surface area contributed by atoms with E-state index in [1.165, 1.54) is 0 Å². The Morgan fingerprint density at radius 1 is 0.720 bits per heavy atom. The van der Waals surface area contributed by atoms with Gasteiger partial charge in [-0.25, -0.2) is 19.6 Å². The van der Waals surface area contributed by atoms with Crippen LogP contribution in [0.25, 0.3) is 32.8 Å². The summed E-state index contributed by atoms with van der Waals surface area (Å²) in [7, 11) is 0. The summed E-state index contributed by atoms with van der Waals surface area (Å²) in [6.45, 7) is 0. The second-order valence-electron chi connectivity index (χ2n) is 5.03. The maximum absolute atomic E-state index is 11.4. The van der Waals surface area contributed by atoms with Gasteiger partial charge in [-0.3, -0.25) is 9.97 Å². The molecule has 0 aliphatic rings. The van der Waals surface area contributed by atoms with Gasteiger partial charge in [-0.05, 0) is 24.3 Å². The van der Waals surface area contributed by atoms with E-state index in [1.807, 2.05) is 0 Å². The number of hydrogen-bond donors (Lipinski definition) is 2. The first kappa shape index (κ1) is 16.9. The predicted octanol–water partition coefficient (Wildman–Crippen LogP) is 2.12. The minimum atomic E-state index is -1.45. The molecule has 127 valence electrons. The number of carboxylic acids is 2. The number of fused-ring (bicyclic) bond motifs is 6. The molecule has 3 heterocycles. The third-order valence-corrected chi connectivity index (χ3v) is 3.65. The van der Waals surface area contributed by atoms with Crippen molar-refractivity contribution in [2.45, 2.75) is 0 Å². The predicted molar refractivity (Wildman–Crippen MR) is 84.1 cm³/mol. The van der Waals surface area contributed by atoms with Crippen LogP contribution in [0.5, 0.6) is 0 Å². The van der Waals surface area contributed by atoms with Crippen LogP contribution in [-0.4, -0.2) is 42.1 Å². The topological polar surface area (TPSA) is 126 Å². The molecule has 9 heteroatoms. The molecule has 25 heavy (non-hydrogen) atoms. The van der Waals surface area contributed by atoms with Gasteiger partial charge in [0.2, 0.25) is 0 Å².